The molecule has 5 unspecified atom stereocenters. The average molecular weight is 226 g/mol. The highest BCUT2D eigenvalue weighted by Crippen LogP contribution is 2.75. The minimum absolute atomic E-state index is 0.238. The van der Waals surface area contributed by atoms with E-state index in [0.29, 0.717) is 16.7 Å². The zero-order valence-electron chi connectivity index (χ0n) is 10.9. The molecule has 16 heavy (non-hydrogen) atoms. The fourth-order valence-electron chi connectivity index (χ4n) is 3.48. The summed E-state index contributed by atoms with van der Waals surface area (Å²) >= 11 is 0. The molecule has 92 valence electrons. The summed E-state index contributed by atoms with van der Waals surface area (Å²) in [6, 6.07) is 0. The lowest BCUT2D eigenvalue weighted by molar-refractivity contribution is -0.188. The van der Waals surface area contributed by atoms with Gasteiger partial charge in [-0.25, -0.2) is 0 Å². The average Bonchev–Trinajstić information content (AvgIpc) is 2.63. The van der Waals surface area contributed by atoms with Gasteiger partial charge in [-0.05, 0) is 31.1 Å². The van der Waals surface area contributed by atoms with Crippen LogP contribution in [0.4, 0.5) is 0 Å². The van der Waals surface area contributed by atoms with Gasteiger partial charge >= 0.3 is 5.97 Å². The van der Waals surface area contributed by atoms with Gasteiger partial charge in [-0.15, -0.1) is 0 Å². The van der Waals surface area contributed by atoms with Crippen molar-refractivity contribution in [3.05, 3.63) is 0 Å². The monoisotopic (exact) mass is 226 g/mol. The van der Waals surface area contributed by atoms with E-state index in [1.165, 1.54) is 13.3 Å². The van der Waals surface area contributed by atoms with E-state index in [4.69, 9.17) is 9.47 Å². The van der Waals surface area contributed by atoms with Crippen LogP contribution in [0, 0.1) is 16.7 Å². The third kappa shape index (κ3) is 1.56. The largest absolute Gasteiger partial charge is 0.436 e. The van der Waals surface area contributed by atoms with Crippen LogP contribution in [0.25, 0.3) is 0 Å². The van der Waals surface area contributed by atoms with E-state index < -0.39 is 6.29 Å². The van der Waals surface area contributed by atoms with E-state index in [9.17, 15) is 4.79 Å². The number of esters is 1. The first-order valence-corrected chi connectivity index (χ1v) is 6.12. The topological polar surface area (TPSA) is 35.5 Å². The zero-order chi connectivity index (χ0) is 12.1. The molecule has 3 heteroatoms. The standard InChI is InChI=1S/C13H22O3/c1-8-6-11(13(5)7-12(8,13)4)16-10(3)15-9(2)14/h8,10-11H,6-7H2,1-5H3. The van der Waals surface area contributed by atoms with Crippen LogP contribution < -0.4 is 0 Å². The molecule has 0 bridgehead atoms. The van der Waals surface area contributed by atoms with Crippen LogP contribution in [0.1, 0.15) is 47.5 Å². The van der Waals surface area contributed by atoms with Crippen LogP contribution in [-0.2, 0) is 14.3 Å². The first kappa shape index (κ1) is 11.9. The number of fused-ring (bicyclic) bond motifs is 1. The molecule has 5 atom stereocenters. The molecule has 0 aromatic heterocycles. The fourth-order valence-corrected chi connectivity index (χ4v) is 3.48. The molecule has 2 fully saturated rings. The predicted octanol–water partition coefficient (Wildman–Crippen LogP) is 2.74. The molecule has 0 aromatic carbocycles. The predicted molar refractivity (Wildman–Crippen MR) is 60.7 cm³/mol. The molecular weight excluding hydrogens is 204 g/mol. The van der Waals surface area contributed by atoms with Gasteiger partial charge in [-0.3, -0.25) is 4.79 Å². The molecule has 0 saturated heterocycles. The number of rotatable bonds is 3. The second kappa shape index (κ2) is 3.46. The minimum Gasteiger partial charge on any atom is -0.436 e. The second-order valence-electron chi connectivity index (χ2n) is 5.95. The van der Waals surface area contributed by atoms with Crippen LogP contribution in [0.3, 0.4) is 0 Å². The van der Waals surface area contributed by atoms with Crippen LogP contribution in [-0.4, -0.2) is 18.4 Å². The highest BCUT2D eigenvalue weighted by atomic mass is 16.7. The molecule has 2 saturated carbocycles. The summed E-state index contributed by atoms with van der Waals surface area (Å²) < 4.78 is 10.9. The summed E-state index contributed by atoms with van der Waals surface area (Å²) in [5, 5.41) is 0. The summed E-state index contributed by atoms with van der Waals surface area (Å²) in [4.78, 5) is 10.8. The molecule has 0 heterocycles. The maximum Gasteiger partial charge on any atom is 0.304 e. The van der Waals surface area contributed by atoms with Gasteiger partial charge in [0, 0.05) is 12.3 Å². The Hall–Kier alpha value is -0.570. The van der Waals surface area contributed by atoms with Gasteiger partial charge in [-0.2, -0.15) is 0 Å². The second-order valence-corrected chi connectivity index (χ2v) is 5.95. The number of hydrogen-bond acceptors (Lipinski definition) is 3. The van der Waals surface area contributed by atoms with Crippen molar-refractivity contribution in [2.24, 2.45) is 16.7 Å². The molecule has 0 N–H and O–H groups in total. The summed E-state index contributed by atoms with van der Waals surface area (Å²) in [5.41, 5.74) is 0.731. The van der Waals surface area contributed by atoms with Crippen molar-refractivity contribution in [2.45, 2.75) is 59.9 Å². The van der Waals surface area contributed by atoms with Crippen molar-refractivity contribution in [2.75, 3.05) is 0 Å². The Morgan fingerprint density at radius 1 is 1.38 bits per heavy atom. The van der Waals surface area contributed by atoms with E-state index in [1.807, 2.05) is 0 Å². The maximum absolute atomic E-state index is 10.8. The third-order valence-corrected chi connectivity index (χ3v) is 4.97. The van der Waals surface area contributed by atoms with Crippen molar-refractivity contribution in [3.63, 3.8) is 0 Å². The summed E-state index contributed by atoms with van der Waals surface area (Å²) in [6.45, 7) is 10.2. The summed E-state index contributed by atoms with van der Waals surface area (Å²) in [5.74, 6) is 0.425. The molecule has 0 spiro atoms. The molecule has 2 rings (SSSR count). The van der Waals surface area contributed by atoms with Crippen molar-refractivity contribution < 1.29 is 14.3 Å². The van der Waals surface area contributed by atoms with Crippen LogP contribution >= 0.6 is 0 Å². The summed E-state index contributed by atoms with van der Waals surface area (Å²) in [7, 11) is 0. The lowest BCUT2D eigenvalue weighted by Gasteiger charge is -2.24. The SMILES string of the molecule is CC(=O)OC(C)OC1CC(C)C2(C)CC12C. The van der Waals surface area contributed by atoms with E-state index in [1.54, 1.807) is 6.92 Å². The van der Waals surface area contributed by atoms with Gasteiger partial charge in [0.15, 0.2) is 6.29 Å². The lowest BCUT2D eigenvalue weighted by Crippen LogP contribution is -2.28. The van der Waals surface area contributed by atoms with Gasteiger partial charge in [0.1, 0.15) is 0 Å². The quantitative estimate of drug-likeness (QED) is 0.548. The van der Waals surface area contributed by atoms with Crippen molar-refractivity contribution in [1.82, 2.24) is 0 Å². The summed E-state index contributed by atoms with van der Waals surface area (Å²) in [6.07, 6.45) is 2.13. The smallest absolute Gasteiger partial charge is 0.304 e. The number of carbonyl (C=O) groups excluding carboxylic acids is 1. The minimum atomic E-state index is -0.422. The van der Waals surface area contributed by atoms with Crippen molar-refractivity contribution in [3.8, 4) is 0 Å². The Kier molecular flexibility index (Phi) is 2.57. The highest BCUT2D eigenvalue weighted by Gasteiger charge is 2.72. The van der Waals surface area contributed by atoms with Gasteiger partial charge in [-0.1, -0.05) is 20.8 Å². The molecule has 3 nitrogen and oxygen atoms in total. The third-order valence-electron chi connectivity index (χ3n) is 4.97. The first-order valence-electron chi connectivity index (χ1n) is 6.12. The molecule has 0 amide bonds. The molecule has 0 radical (unpaired) electrons. The van der Waals surface area contributed by atoms with E-state index >= 15 is 0 Å². The zero-order valence-corrected chi connectivity index (χ0v) is 10.9. The van der Waals surface area contributed by atoms with Gasteiger partial charge in [0.05, 0.1) is 6.10 Å². The van der Waals surface area contributed by atoms with Crippen molar-refractivity contribution >= 4 is 5.97 Å². The van der Waals surface area contributed by atoms with E-state index in [2.05, 4.69) is 20.8 Å². The Bertz CT molecular complexity index is 314. The first-order chi connectivity index (χ1) is 7.29. The molecule has 0 aromatic rings. The Morgan fingerprint density at radius 2 is 2.00 bits per heavy atom. The molecular formula is C13H22O3. The Balaban J connectivity index is 1.95. The van der Waals surface area contributed by atoms with Crippen LogP contribution in [0.15, 0.2) is 0 Å². The lowest BCUT2D eigenvalue weighted by atomic mass is 9.92. The maximum atomic E-state index is 10.8. The van der Waals surface area contributed by atoms with Gasteiger partial charge in [0.2, 0.25) is 0 Å². The Labute approximate surface area is 97.5 Å². The fraction of sp³-hybridized carbons (Fsp3) is 0.923. The Morgan fingerprint density at radius 3 is 2.38 bits per heavy atom. The van der Waals surface area contributed by atoms with Gasteiger partial charge < -0.3 is 9.47 Å². The number of carbonyl (C=O) groups is 1. The van der Waals surface area contributed by atoms with Crippen LogP contribution in [0.2, 0.25) is 0 Å². The van der Waals surface area contributed by atoms with Crippen LogP contribution in [0.5, 0.6) is 0 Å². The highest BCUT2D eigenvalue weighted by molar-refractivity contribution is 5.65. The molecule has 0 aliphatic heterocycles. The van der Waals surface area contributed by atoms with Gasteiger partial charge in [0.25, 0.3) is 0 Å². The molecule has 2 aliphatic carbocycles. The van der Waals surface area contributed by atoms with E-state index in [0.717, 1.165) is 6.42 Å². The normalized spacial score (nSPS) is 47.3. The number of hydrogen-bond donors (Lipinski definition) is 0. The number of ether oxygens (including phenoxy) is 2. The molecule has 2 aliphatic rings. The van der Waals surface area contributed by atoms with E-state index in [-0.39, 0.29) is 12.1 Å². The van der Waals surface area contributed by atoms with Crippen molar-refractivity contribution in [1.29, 1.82) is 0 Å².